The van der Waals surface area contributed by atoms with Gasteiger partial charge in [0.15, 0.2) is 0 Å². The maximum Gasteiger partial charge on any atom is 0.0233 e. The van der Waals surface area contributed by atoms with Crippen LogP contribution in [0.1, 0.15) is 46.5 Å². The molecule has 0 saturated carbocycles. The van der Waals surface area contributed by atoms with E-state index in [0.29, 0.717) is 0 Å². The molecule has 1 rings (SSSR count). The summed E-state index contributed by atoms with van der Waals surface area (Å²) in [5.41, 5.74) is 1.24. The third-order valence-corrected chi connectivity index (χ3v) is 1.97. The summed E-state index contributed by atoms with van der Waals surface area (Å²) in [6.45, 7) is 12.4. The van der Waals surface area contributed by atoms with Crippen molar-refractivity contribution in [3.05, 3.63) is 49.7 Å². The van der Waals surface area contributed by atoms with Crippen molar-refractivity contribution in [1.29, 1.82) is 0 Å². The first-order valence-corrected chi connectivity index (χ1v) is 6.81. The average Bonchev–Trinajstić information content (AvgIpc) is 2.40. The molecule has 0 bridgehead atoms. The van der Waals surface area contributed by atoms with Gasteiger partial charge in [0.25, 0.3) is 0 Å². The van der Waals surface area contributed by atoms with Gasteiger partial charge in [0.2, 0.25) is 0 Å². The molecule has 19 heavy (non-hydrogen) atoms. The molecule has 0 aliphatic rings. The molecule has 0 saturated heterocycles. The number of unbranched alkanes of at least 4 members (excludes halogenated alkanes) is 2. The zero-order chi connectivity index (χ0) is 14.2. The SMILES string of the molecule is CN(C)Cc1[c]cccc1.[CH2]CCC.[CH2]CCC.[HH].[Sn]. The van der Waals surface area contributed by atoms with Crippen molar-refractivity contribution < 1.29 is 1.43 Å². The van der Waals surface area contributed by atoms with Crippen LogP contribution in [-0.4, -0.2) is 42.9 Å². The fourth-order valence-electron chi connectivity index (χ4n) is 0.870. The van der Waals surface area contributed by atoms with Gasteiger partial charge in [-0.15, -0.1) is 0 Å². The van der Waals surface area contributed by atoms with Crippen LogP contribution in [0.3, 0.4) is 0 Å². The molecule has 0 fully saturated rings. The van der Waals surface area contributed by atoms with Gasteiger partial charge in [0.1, 0.15) is 0 Å². The largest absolute Gasteiger partial charge is 0.305 e. The molecule has 2 heteroatoms. The quantitative estimate of drug-likeness (QED) is 0.699. The van der Waals surface area contributed by atoms with E-state index in [9.17, 15) is 0 Å². The first-order chi connectivity index (χ1) is 8.62. The van der Waals surface area contributed by atoms with Gasteiger partial charge in [0, 0.05) is 31.9 Å². The van der Waals surface area contributed by atoms with Crippen LogP contribution < -0.4 is 0 Å². The molecular formula is C17H32NSn. The summed E-state index contributed by atoms with van der Waals surface area (Å²) >= 11 is 0. The molecule has 0 spiro atoms. The number of nitrogens with zero attached hydrogens (tertiary/aromatic N) is 1. The molecule has 0 atom stereocenters. The van der Waals surface area contributed by atoms with Crippen LogP contribution in [0.25, 0.3) is 0 Å². The van der Waals surface area contributed by atoms with Crippen molar-refractivity contribution in [2.45, 2.75) is 46.1 Å². The van der Waals surface area contributed by atoms with E-state index in [1.54, 1.807) is 0 Å². The molecule has 7 radical (unpaired) electrons. The summed E-state index contributed by atoms with van der Waals surface area (Å²) in [6.07, 6.45) is 4.56. The van der Waals surface area contributed by atoms with E-state index in [1.165, 1.54) is 18.4 Å². The van der Waals surface area contributed by atoms with E-state index in [2.05, 4.69) is 58.8 Å². The topological polar surface area (TPSA) is 3.24 Å². The second-order valence-corrected chi connectivity index (χ2v) is 4.33. The molecular weight excluding hydrogens is 337 g/mol. The summed E-state index contributed by atoms with van der Waals surface area (Å²) in [7, 11) is 4.11. The Morgan fingerprint density at radius 2 is 1.58 bits per heavy atom. The summed E-state index contributed by atoms with van der Waals surface area (Å²) in [5.74, 6) is 0. The Hall–Kier alpha value is -0.0213. The number of rotatable bonds is 4. The van der Waals surface area contributed by atoms with Gasteiger partial charge in [-0.1, -0.05) is 77.6 Å². The van der Waals surface area contributed by atoms with E-state index < -0.39 is 0 Å². The third kappa shape index (κ3) is 23.5. The summed E-state index contributed by atoms with van der Waals surface area (Å²) in [4.78, 5) is 2.13. The molecule has 0 N–H and O–H groups in total. The fourth-order valence-corrected chi connectivity index (χ4v) is 0.870. The van der Waals surface area contributed by atoms with E-state index in [0.717, 1.165) is 19.4 Å². The molecule has 0 amide bonds. The summed E-state index contributed by atoms with van der Waals surface area (Å²) < 4.78 is 0. The van der Waals surface area contributed by atoms with Crippen molar-refractivity contribution in [2.24, 2.45) is 0 Å². The molecule has 0 aliphatic carbocycles. The van der Waals surface area contributed by atoms with E-state index in [1.807, 2.05) is 18.2 Å². The molecule has 0 aromatic heterocycles. The monoisotopic (exact) mass is 370 g/mol. The standard InChI is InChI=1S/C9H12N.2C4H9.Sn.H2/c1-10(2)8-9-6-4-3-5-7-9;2*1-3-4-2;;/h3-6H,8H2,1-2H3;2*1,3-4H2,2H3;;1H. The molecule has 0 unspecified atom stereocenters. The van der Waals surface area contributed by atoms with Crippen LogP contribution in [0.15, 0.2) is 24.3 Å². The van der Waals surface area contributed by atoms with Gasteiger partial charge in [-0.3, -0.25) is 0 Å². The van der Waals surface area contributed by atoms with Crippen LogP contribution in [0.5, 0.6) is 0 Å². The van der Waals surface area contributed by atoms with E-state index in [-0.39, 0.29) is 25.3 Å². The summed E-state index contributed by atoms with van der Waals surface area (Å²) in [6, 6.07) is 11.2. The fraction of sp³-hybridized carbons (Fsp3) is 0.529. The van der Waals surface area contributed by atoms with Gasteiger partial charge in [-0.25, -0.2) is 0 Å². The predicted molar refractivity (Wildman–Crippen MR) is 91.1 cm³/mol. The Labute approximate surface area is 140 Å². The van der Waals surface area contributed by atoms with E-state index in [4.69, 9.17) is 0 Å². The van der Waals surface area contributed by atoms with Crippen molar-refractivity contribution in [1.82, 2.24) is 4.90 Å². The van der Waals surface area contributed by atoms with Gasteiger partial charge in [-0.2, -0.15) is 0 Å². The minimum absolute atomic E-state index is 0. The number of hydrogen-bond donors (Lipinski definition) is 0. The number of hydrogen-bond acceptors (Lipinski definition) is 1. The second-order valence-electron chi connectivity index (χ2n) is 4.33. The molecule has 1 aromatic rings. The van der Waals surface area contributed by atoms with Crippen LogP contribution >= 0.6 is 0 Å². The smallest absolute Gasteiger partial charge is 0.0233 e. The Morgan fingerprint density at radius 1 is 1.11 bits per heavy atom. The van der Waals surface area contributed by atoms with Crippen LogP contribution in [0, 0.1) is 19.9 Å². The van der Waals surface area contributed by atoms with Crippen LogP contribution in [0.4, 0.5) is 0 Å². The Balaban J connectivity index is -0.000000110. The minimum Gasteiger partial charge on any atom is -0.305 e. The zero-order valence-corrected chi connectivity index (χ0v) is 16.1. The second kappa shape index (κ2) is 20.3. The van der Waals surface area contributed by atoms with Crippen molar-refractivity contribution in [3.8, 4) is 0 Å². The maximum absolute atomic E-state index is 3.60. The molecule has 109 valence electrons. The maximum atomic E-state index is 3.60. The zero-order valence-electron chi connectivity index (χ0n) is 13.2. The average molecular weight is 369 g/mol. The summed E-state index contributed by atoms with van der Waals surface area (Å²) in [5, 5.41) is 0. The Bertz CT molecular complexity index is 232. The molecule has 1 nitrogen and oxygen atoms in total. The van der Waals surface area contributed by atoms with Gasteiger partial charge >= 0.3 is 0 Å². The predicted octanol–water partition coefficient (Wildman–Crippen LogP) is 4.65. The van der Waals surface area contributed by atoms with Gasteiger partial charge in [-0.05, 0) is 25.7 Å². The van der Waals surface area contributed by atoms with Crippen LogP contribution in [0.2, 0.25) is 0 Å². The first kappa shape index (κ1) is 24.0. The third-order valence-electron chi connectivity index (χ3n) is 1.97. The minimum atomic E-state index is 0. The van der Waals surface area contributed by atoms with Gasteiger partial charge < -0.3 is 4.90 Å². The van der Waals surface area contributed by atoms with Crippen molar-refractivity contribution in [2.75, 3.05) is 14.1 Å². The Kier molecular flexibility index (Phi) is 25.7. The van der Waals surface area contributed by atoms with E-state index >= 15 is 0 Å². The Morgan fingerprint density at radius 3 is 1.84 bits per heavy atom. The normalized spacial score (nSPS) is 8.58. The molecule has 0 heterocycles. The molecule has 1 aromatic carbocycles. The molecule has 0 aliphatic heterocycles. The van der Waals surface area contributed by atoms with Crippen LogP contribution in [-0.2, 0) is 6.54 Å². The van der Waals surface area contributed by atoms with Crippen molar-refractivity contribution >= 4 is 23.9 Å². The van der Waals surface area contributed by atoms with Gasteiger partial charge in [0.05, 0.1) is 0 Å². The number of benzene rings is 1. The van der Waals surface area contributed by atoms with Crippen molar-refractivity contribution in [3.63, 3.8) is 0 Å². The first-order valence-electron chi connectivity index (χ1n) is 6.81.